The maximum Gasteiger partial charge on any atom is 0.353 e. The van der Waals surface area contributed by atoms with Crippen molar-refractivity contribution in [3.63, 3.8) is 0 Å². The Hall–Kier alpha value is -2.43. The number of nitrogens with zero attached hydrogens (tertiary/aromatic N) is 2. The predicted molar refractivity (Wildman–Crippen MR) is 79.0 cm³/mol. The molecule has 2 heterocycles. The average Bonchev–Trinajstić information content (AvgIpc) is 2.99. The molecule has 3 rings (SSSR count). The smallest absolute Gasteiger partial charge is 0.353 e. The number of benzene rings is 1. The molecule has 108 valence electrons. The average molecular weight is 284 g/mol. The Morgan fingerprint density at radius 1 is 1.43 bits per heavy atom. The van der Waals surface area contributed by atoms with Crippen LogP contribution in [0.25, 0.3) is 10.9 Å². The standard InChI is InChI=1S/C16H16N2O3/c1-3-16(15(19)20-2)10-14(18-21-16)12-6-7-13-11(9-12)5-4-8-17-13/h4-9H,3,10H2,1-2H3. The van der Waals surface area contributed by atoms with Gasteiger partial charge < -0.3 is 9.57 Å². The molecule has 2 aromatic rings. The lowest BCUT2D eigenvalue weighted by atomic mass is 9.91. The number of rotatable bonds is 3. The highest BCUT2D eigenvalue weighted by molar-refractivity contribution is 6.06. The molecule has 0 saturated heterocycles. The van der Waals surface area contributed by atoms with Gasteiger partial charge in [-0.15, -0.1) is 0 Å². The summed E-state index contributed by atoms with van der Waals surface area (Å²) < 4.78 is 4.84. The number of carbonyl (C=O) groups is 1. The third kappa shape index (κ3) is 2.24. The summed E-state index contributed by atoms with van der Waals surface area (Å²) in [5.74, 6) is -0.383. The van der Waals surface area contributed by atoms with Crippen molar-refractivity contribution in [3.05, 3.63) is 42.1 Å². The molecule has 5 heteroatoms. The van der Waals surface area contributed by atoms with Crippen molar-refractivity contribution in [3.8, 4) is 0 Å². The van der Waals surface area contributed by atoms with E-state index in [9.17, 15) is 4.79 Å². The third-order valence-electron chi connectivity index (χ3n) is 3.85. The van der Waals surface area contributed by atoms with Crippen molar-refractivity contribution in [1.29, 1.82) is 0 Å². The van der Waals surface area contributed by atoms with Gasteiger partial charge in [0.15, 0.2) is 0 Å². The molecule has 0 bridgehead atoms. The van der Waals surface area contributed by atoms with Gasteiger partial charge in [-0.3, -0.25) is 4.98 Å². The van der Waals surface area contributed by atoms with E-state index in [0.29, 0.717) is 12.8 Å². The van der Waals surface area contributed by atoms with Crippen molar-refractivity contribution >= 4 is 22.6 Å². The van der Waals surface area contributed by atoms with Gasteiger partial charge in [0.25, 0.3) is 0 Å². The number of carbonyl (C=O) groups excluding carboxylic acids is 1. The minimum Gasteiger partial charge on any atom is -0.466 e. The number of pyridine rings is 1. The number of methoxy groups -OCH3 is 1. The van der Waals surface area contributed by atoms with Crippen LogP contribution in [-0.2, 0) is 14.4 Å². The van der Waals surface area contributed by atoms with Crippen molar-refractivity contribution in [1.82, 2.24) is 4.98 Å². The normalized spacial score (nSPS) is 21.0. The Morgan fingerprint density at radius 2 is 2.29 bits per heavy atom. The first-order chi connectivity index (χ1) is 10.2. The fourth-order valence-corrected chi connectivity index (χ4v) is 2.52. The van der Waals surface area contributed by atoms with E-state index in [4.69, 9.17) is 9.57 Å². The quantitative estimate of drug-likeness (QED) is 0.813. The van der Waals surface area contributed by atoms with E-state index in [1.54, 1.807) is 6.20 Å². The monoisotopic (exact) mass is 284 g/mol. The van der Waals surface area contributed by atoms with E-state index in [-0.39, 0.29) is 5.97 Å². The summed E-state index contributed by atoms with van der Waals surface area (Å²) in [7, 11) is 1.36. The molecule has 1 aliphatic heterocycles. The molecule has 0 aliphatic carbocycles. The molecule has 0 saturated carbocycles. The molecule has 0 fully saturated rings. The van der Waals surface area contributed by atoms with Gasteiger partial charge in [0.05, 0.1) is 18.3 Å². The summed E-state index contributed by atoms with van der Waals surface area (Å²) in [5, 5.41) is 5.13. The summed E-state index contributed by atoms with van der Waals surface area (Å²) in [6.45, 7) is 1.89. The van der Waals surface area contributed by atoms with E-state index < -0.39 is 5.60 Å². The first kappa shape index (κ1) is 13.5. The van der Waals surface area contributed by atoms with E-state index in [0.717, 1.165) is 22.2 Å². The fraction of sp³-hybridized carbons (Fsp3) is 0.312. The van der Waals surface area contributed by atoms with Crippen LogP contribution in [0.1, 0.15) is 25.3 Å². The first-order valence-corrected chi connectivity index (χ1v) is 6.87. The zero-order valence-electron chi connectivity index (χ0n) is 12.0. The van der Waals surface area contributed by atoms with Crippen molar-refractivity contribution in [2.24, 2.45) is 5.16 Å². The molecule has 1 aromatic carbocycles. The van der Waals surface area contributed by atoms with Crippen LogP contribution in [0.2, 0.25) is 0 Å². The summed E-state index contributed by atoms with van der Waals surface area (Å²) in [4.78, 5) is 21.6. The predicted octanol–water partition coefficient (Wildman–Crippen LogP) is 2.68. The zero-order valence-corrected chi connectivity index (χ0v) is 12.0. The van der Waals surface area contributed by atoms with Crippen LogP contribution >= 0.6 is 0 Å². The molecule has 21 heavy (non-hydrogen) atoms. The number of fused-ring (bicyclic) bond motifs is 1. The molecule has 1 aromatic heterocycles. The molecule has 1 aliphatic rings. The van der Waals surface area contributed by atoms with Gasteiger partial charge in [-0.25, -0.2) is 4.79 Å². The SMILES string of the molecule is CCC1(C(=O)OC)CC(c2ccc3ncccc3c2)=NO1. The van der Waals surface area contributed by atoms with Gasteiger partial charge >= 0.3 is 5.97 Å². The lowest BCUT2D eigenvalue weighted by Crippen LogP contribution is -2.39. The fourth-order valence-electron chi connectivity index (χ4n) is 2.52. The Kier molecular flexibility index (Phi) is 3.33. The number of oxime groups is 1. The van der Waals surface area contributed by atoms with Crippen molar-refractivity contribution < 1.29 is 14.4 Å². The van der Waals surface area contributed by atoms with Gasteiger partial charge in [-0.2, -0.15) is 0 Å². The number of aromatic nitrogens is 1. The highest BCUT2D eigenvalue weighted by atomic mass is 16.7. The highest BCUT2D eigenvalue weighted by Crippen LogP contribution is 2.31. The van der Waals surface area contributed by atoms with Gasteiger partial charge in [0.2, 0.25) is 5.60 Å². The van der Waals surface area contributed by atoms with Gasteiger partial charge in [0, 0.05) is 23.6 Å². The summed E-state index contributed by atoms with van der Waals surface area (Å²) in [6, 6.07) is 9.78. The molecule has 0 N–H and O–H groups in total. The zero-order chi connectivity index (χ0) is 14.9. The molecule has 0 amide bonds. The maximum absolute atomic E-state index is 11.9. The van der Waals surface area contributed by atoms with Crippen LogP contribution in [0.3, 0.4) is 0 Å². The number of hydrogen-bond acceptors (Lipinski definition) is 5. The van der Waals surface area contributed by atoms with Gasteiger partial charge in [0.1, 0.15) is 0 Å². The Bertz CT molecular complexity index is 726. The highest BCUT2D eigenvalue weighted by Gasteiger charge is 2.46. The van der Waals surface area contributed by atoms with Crippen LogP contribution in [0.15, 0.2) is 41.7 Å². The minimum absolute atomic E-state index is 0.383. The molecule has 0 spiro atoms. The number of hydrogen-bond donors (Lipinski definition) is 0. The molecule has 0 radical (unpaired) electrons. The lowest BCUT2D eigenvalue weighted by Gasteiger charge is -2.21. The second kappa shape index (κ2) is 5.16. The molecular weight excluding hydrogens is 268 g/mol. The topological polar surface area (TPSA) is 60.8 Å². The van der Waals surface area contributed by atoms with Crippen LogP contribution in [0, 0.1) is 0 Å². The van der Waals surface area contributed by atoms with Crippen molar-refractivity contribution in [2.45, 2.75) is 25.4 Å². The van der Waals surface area contributed by atoms with E-state index in [1.165, 1.54) is 7.11 Å². The number of ether oxygens (including phenoxy) is 1. The van der Waals surface area contributed by atoms with E-state index in [2.05, 4.69) is 10.1 Å². The molecule has 1 unspecified atom stereocenters. The van der Waals surface area contributed by atoms with Crippen molar-refractivity contribution in [2.75, 3.05) is 7.11 Å². The molecule has 1 atom stereocenters. The lowest BCUT2D eigenvalue weighted by molar-refractivity contribution is -0.166. The van der Waals surface area contributed by atoms with Gasteiger partial charge in [-0.1, -0.05) is 24.2 Å². The van der Waals surface area contributed by atoms with E-state index in [1.807, 2.05) is 37.3 Å². The third-order valence-corrected chi connectivity index (χ3v) is 3.85. The summed E-state index contributed by atoms with van der Waals surface area (Å²) in [6.07, 6.45) is 2.70. The largest absolute Gasteiger partial charge is 0.466 e. The Labute approximate surface area is 122 Å². The van der Waals surface area contributed by atoms with Crippen LogP contribution in [0.4, 0.5) is 0 Å². The second-order valence-electron chi connectivity index (χ2n) is 5.06. The maximum atomic E-state index is 11.9. The number of esters is 1. The van der Waals surface area contributed by atoms with E-state index >= 15 is 0 Å². The van der Waals surface area contributed by atoms with Crippen LogP contribution in [-0.4, -0.2) is 29.4 Å². The minimum atomic E-state index is -0.992. The first-order valence-electron chi connectivity index (χ1n) is 6.87. The molecule has 5 nitrogen and oxygen atoms in total. The van der Waals surface area contributed by atoms with Gasteiger partial charge in [-0.05, 0) is 24.6 Å². The summed E-state index contributed by atoms with van der Waals surface area (Å²) in [5.41, 5.74) is 1.63. The summed E-state index contributed by atoms with van der Waals surface area (Å²) >= 11 is 0. The molecular formula is C16H16N2O3. The Balaban J connectivity index is 1.92. The second-order valence-corrected chi connectivity index (χ2v) is 5.06. The van der Waals surface area contributed by atoms with Crippen LogP contribution in [0.5, 0.6) is 0 Å². The Morgan fingerprint density at radius 3 is 3.05 bits per heavy atom. The van der Waals surface area contributed by atoms with Crippen LogP contribution < -0.4 is 0 Å².